The van der Waals surface area contributed by atoms with E-state index in [9.17, 15) is 18.4 Å². The maximum Gasteiger partial charge on any atom is 0.339 e. The molecule has 0 unspecified atom stereocenters. The van der Waals surface area contributed by atoms with E-state index in [2.05, 4.69) is 10.3 Å². The minimum atomic E-state index is -2.81. The predicted molar refractivity (Wildman–Crippen MR) is 123 cm³/mol. The summed E-state index contributed by atoms with van der Waals surface area (Å²) >= 11 is 0. The van der Waals surface area contributed by atoms with Gasteiger partial charge in [0.15, 0.2) is 0 Å². The van der Waals surface area contributed by atoms with E-state index in [1.165, 1.54) is 16.6 Å². The van der Waals surface area contributed by atoms with Crippen molar-refractivity contribution in [2.24, 2.45) is 7.05 Å². The van der Waals surface area contributed by atoms with Gasteiger partial charge in [0.05, 0.1) is 36.2 Å². The molecule has 9 heteroatoms. The number of rotatable bonds is 5. The van der Waals surface area contributed by atoms with Gasteiger partial charge in [-0.3, -0.25) is 9.36 Å². The number of nitrogens with zero attached hydrogens (tertiary/aromatic N) is 3. The quantitative estimate of drug-likeness (QED) is 0.584. The normalized spacial score (nSPS) is 16.1. The van der Waals surface area contributed by atoms with Gasteiger partial charge in [0.1, 0.15) is 0 Å². The Morgan fingerprint density at radius 3 is 2.67 bits per heavy atom. The van der Waals surface area contributed by atoms with Crippen molar-refractivity contribution in [2.75, 3.05) is 30.4 Å². The summed E-state index contributed by atoms with van der Waals surface area (Å²) in [7, 11) is 2.87. The molecule has 1 fully saturated rings. The van der Waals surface area contributed by atoms with Gasteiger partial charge in [-0.1, -0.05) is 18.2 Å². The standard InChI is InChI=1S/C24H26F2N4O3/c1-14-11-17(15(2)27-19-8-6-5-7-16(19)22(32)33-4)20-18(12-14)21(31)29(3)23(28-20)30-10-9-24(25,26)13-30/h5-8,11-12,15,27H,9-10,13H2,1-4H3/t15-/m1/s1. The average Bonchev–Trinajstić information content (AvgIpc) is 3.15. The fourth-order valence-electron chi connectivity index (χ4n) is 4.27. The molecule has 1 aliphatic heterocycles. The number of ether oxygens (including phenoxy) is 1. The summed E-state index contributed by atoms with van der Waals surface area (Å²) in [5, 5.41) is 3.73. The highest BCUT2D eigenvalue weighted by Crippen LogP contribution is 2.32. The number of aryl methyl sites for hydroxylation is 1. The number of carbonyl (C=O) groups is 1. The first kappa shape index (κ1) is 22.7. The minimum Gasteiger partial charge on any atom is -0.465 e. The number of benzene rings is 2. The number of fused-ring (bicyclic) bond motifs is 1. The van der Waals surface area contributed by atoms with Gasteiger partial charge in [-0.2, -0.15) is 0 Å². The summed E-state index contributed by atoms with van der Waals surface area (Å²) < 4.78 is 33.9. The third-order valence-corrected chi connectivity index (χ3v) is 5.95. The van der Waals surface area contributed by atoms with Crippen LogP contribution < -0.4 is 15.8 Å². The molecular formula is C24H26F2N4O3. The van der Waals surface area contributed by atoms with Crippen molar-refractivity contribution in [3.63, 3.8) is 0 Å². The Morgan fingerprint density at radius 1 is 1.27 bits per heavy atom. The molecule has 0 amide bonds. The largest absolute Gasteiger partial charge is 0.465 e. The van der Waals surface area contributed by atoms with E-state index < -0.39 is 18.4 Å². The molecule has 7 nitrogen and oxygen atoms in total. The molecule has 0 radical (unpaired) electrons. The molecule has 0 spiro atoms. The Labute approximate surface area is 190 Å². The number of halogens is 2. The molecule has 174 valence electrons. The minimum absolute atomic E-state index is 0.125. The lowest BCUT2D eigenvalue weighted by Crippen LogP contribution is -2.32. The number of para-hydroxylation sites is 1. The lowest BCUT2D eigenvalue weighted by Gasteiger charge is -2.23. The van der Waals surface area contributed by atoms with Crippen LogP contribution in [0.2, 0.25) is 0 Å². The first-order valence-electron chi connectivity index (χ1n) is 10.7. The van der Waals surface area contributed by atoms with E-state index in [0.29, 0.717) is 22.2 Å². The summed E-state index contributed by atoms with van der Waals surface area (Å²) in [6.45, 7) is 3.43. The summed E-state index contributed by atoms with van der Waals surface area (Å²) in [5.41, 5.74) is 2.71. The summed E-state index contributed by atoms with van der Waals surface area (Å²) in [4.78, 5) is 31.5. The first-order valence-corrected chi connectivity index (χ1v) is 10.7. The van der Waals surface area contributed by atoms with Gasteiger partial charge in [0.2, 0.25) is 5.95 Å². The monoisotopic (exact) mass is 456 g/mol. The summed E-state index contributed by atoms with van der Waals surface area (Å²) in [6.07, 6.45) is -0.274. The van der Waals surface area contributed by atoms with Crippen molar-refractivity contribution in [2.45, 2.75) is 32.2 Å². The maximum atomic E-state index is 13.9. The molecule has 0 bridgehead atoms. The lowest BCUT2D eigenvalue weighted by molar-refractivity contribution is 0.0256. The van der Waals surface area contributed by atoms with E-state index in [1.54, 1.807) is 37.4 Å². The third kappa shape index (κ3) is 4.27. The number of nitrogens with one attached hydrogen (secondary N) is 1. The number of esters is 1. The van der Waals surface area contributed by atoms with E-state index >= 15 is 0 Å². The molecule has 1 saturated heterocycles. The second kappa shape index (κ2) is 8.46. The number of hydrogen-bond donors (Lipinski definition) is 1. The van der Waals surface area contributed by atoms with Crippen LogP contribution in [0, 0.1) is 6.92 Å². The van der Waals surface area contributed by atoms with E-state index in [0.717, 1.165) is 11.1 Å². The number of carbonyl (C=O) groups excluding carboxylic acids is 1. The molecule has 1 aromatic heterocycles. The average molecular weight is 456 g/mol. The van der Waals surface area contributed by atoms with Crippen molar-refractivity contribution in [3.8, 4) is 0 Å². The molecule has 1 atom stereocenters. The fraction of sp³-hybridized carbons (Fsp3) is 0.375. The Bertz CT molecular complexity index is 1290. The highest BCUT2D eigenvalue weighted by atomic mass is 19.3. The number of anilines is 2. The molecule has 2 aromatic carbocycles. The number of alkyl halides is 2. The number of aromatic nitrogens is 2. The fourth-order valence-corrected chi connectivity index (χ4v) is 4.27. The second-order valence-corrected chi connectivity index (χ2v) is 8.46. The van der Waals surface area contributed by atoms with Gasteiger partial charge in [-0.15, -0.1) is 0 Å². The maximum absolute atomic E-state index is 13.9. The predicted octanol–water partition coefficient (Wildman–Crippen LogP) is 4.05. The zero-order chi connectivity index (χ0) is 23.9. The van der Waals surface area contributed by atoms with Crippen LogP contribution in [0.5, 0.6) is 0 Å². The zero-order valence-electron chi connectivity index (χ0n) is 19.0. The van der Waals surface area contributed by atoms with E-state index in [4.69, 9.17) is 4.74 Å². The van der Waals surface area contributed by atoms with Crippen LogP contribution in [0.15, 0.2) is 41.2 Å². The second-order valence-electron chi connectivity index (χ2n) is 8.46. The molecule has 1 aliphatic rings. The smallest absolute Gasteiger partial charge is 0.339 e. The van der Waals surface area contributed by atoms with E-state index in [1.807, 2.05) is 19.9 Å². The topological polar surface area (TPSA) is 76.5 Å². The molecule has 0 aliphatic carbocycles. The molecule has 4 rings (SSSR count). The van der Waals surface area contributed by atoms with Crippen LogP contribution >= 0.6 is 0 Å². The summed E-state index contributed by atoms with van der Waals surface area (Å²) in [6, 6.07) is 10.3. The van der Waals surface area contributed by atoms with Gasteiger partial charge >= 0.3 is 5.97 Å². The van der Waals surface area contributed by atoms with Gasteiger partial charge in [-0.25, -0.2) is 18.6 Å². The molecule has 3 aromatic rings. The van der Waals surface area contributed by atoms with Crippen LogP contribution in [-0.2, 0) is 11.8 Å². The molecule has 2 heterocycles. The molecule has 33 heavy (non-hydrogen) atoms. The van der Waals surface area contributed by atoms with E-state index in [-0.39, 0.29) is 30.5 Å². The zero-order valence-corrected chi connectivity index (χ0v) is 19.0. The van der Waals surface area contributed by atoms with Crippen molar-refractivity contribution in [1.82, 2.24) is 9.55 Å². The number of methoxy groups -OCH3 is 1. The number of hydrogen-bond acceptors (Lipinski definition) is 6. The van der Waals surface area contributed by atoms with Gasteiger partial charge in [0.25, 0.3) is 11.5 Å². The van der Waals surface area contributed by atoms with Crippen LogP contribution in [-0.4, -0.2) is 41.6 Å². The highest BCUT2D eigenvalue weighted by Gasteiger charge is 2.39. The lowest BCUT2D eigenvalue weighted by atomic mass is 10.0. The molecule has 0 saturated carbocycles. The highest BCUT2D eigenvalue weighted by molar-refractivity contribution is 5.95. The van der Waals surface area contributed by atoms with Crippen LogP contribution in [0.4, 0.5) is 20.4 Å². The van der Waals surface area contributed by atoms with Gasteiger partial charge in [-0.05, 0) is 37.6 Å². The van der Waals surface area contributed by atoms with Gasteiger partial charge in [0, 0.05) is 31.3 Å². The van der Waals surface area contributed by atoms with Crippen LogP contribution in [0.3, 0.4) is 0 Å². The molecule has 1 N–H and O–H groups in total. The Kier molecular flexibility index (Phi) is 5.82. The summed E-state index contributed by atoms with van der Waals surface area (Å²) in [5.74, 6) is -3.06. The van der Waals surface area contributed by atoms with Crippen LogP contribution in [0.25, 0.3) is 10.9 Å². The molecular weight excluding hydrogens is 430 g/mol. The van der Waals surface area contributed by atoms with Gasteiger partial charge < -0.3 is 15.0 Å². The van der Waals surface area contributed by atoms with Crippen molar-refractivity contribution in [3.05, 3.63) is 63.4 Å². The Hall–Kier alpha value is -3.49. The van der Waals surface area contributed by atoms with Crippen LogP contribution in [0.1, 0.15) is 40.9 Å². The first-order chi connectivity index (χ1) is 15.6. The van der Waals surface area contributed by atoms with Crippen molar-refractivity contribution in [1.29, 1.82) is 0 Å². The van der Waals surface area contributed by atoms with Crippen molar-refractivity contribution < 1.29 is 18.3 Å². The Morgan fingerprint density at radius 2 is 2.00 bits per heavy atom. The SMILES string of the molecule is COC(=O)c1ccccc1N[C@H](C)c1cc(C)cc2c(=O)n(C)c(N3CCC(F)(F)C3)nc12. The Balaban J connectivity index is 1.81. The van der Waals surface area contributed by atoms with Crippen molar-refractivity contribution >= 4 is 28.5 Å². The third-order valence-electron chi connectivity index (χ3n) is 5.95.